The van der Waals surface area contributed by atoms with Crippen molar-refractivity contribution in [3.05, 3.63) is 72.3 Å². The summed E-state index contributed by atoms with van der Waals surface area (Å²) in [5.41, 5.74) is 0.258. The number of nitrogens with zero attached hydrogens (tertiary/aromatic N) is 2. The van der Waals surface area contributed by atoms with Crippen molar-refractivity contribution in [1.82, 2.24) is 15.1 Å². The zero-order chi connectivity index (χ0) is 20.8. The molecule has 3 aromatic rings. The van der Waals surface area contributed by atoms with Crippen molar-refractivity contribution in [1.29, 1.82) is 0 Å². The number of hydrogen-bond donors (Lipinski definition) is 2. The first-order valence-corrected chi connectivity index (χ1v) is 9.99. The predicted molar refractivity (Wildman–Crippen MR) is 116 cm³/mol. The molecule has 4 rings (SSSR count). The molecule has 154 valence electrons. The maximum absolute atomic E-state index is 12.2. The summed E-state index contributed by atoms with van der Waals surface area (Å²) < 4.78 is 11.7. The van der Waals surface area contributed by atoms with Gasteiger partial charge in [0.05, 0.1) is 0 Å². The van der Waals surface area contributed by atoms with Gasteiger partial charge in [0.1, 0.15) is 28.6 Å². The zero-order valence-electron chi connectivity index (χ0n) is 16.2. The number of rotatable bonds is 6. The van der Waals surface area contributed by atoms with E-state index in [-0.39, 0.29) is 11.4 Å². The zero-order valence-corrected chi connectivity index (χ0v) is 16.9. The first-order valence-electron chi connectivity index (χ1n) is 9.61. The van der Waals surface area contributed by atoms with Gasteiger partial charge in [-0.2, -0.15) is 4.98 Å². The number of benzene rings is 2. The van der Waals surface area contributed by atoms with Gasteiger partial charge in [-0.05, 0) is 48.5 Å². The highest BCUT2D eigenvalue weighted by molar-refractivity contribution is 6.24. The Labute approximate surface area is 179 Å². The van der Waals surface area contributed by atoms with Crippen LogP contribution < -0.4 is 24.5 Å². The Balaban J connectivity index is 1.55. The molecule has 0 radical (unpaired) electrons. The van der Waals surface area contributed by atoms with Crippen molar-refractivity contribution in [3.8, 4) is 23.1 Å². The number of aromatic nitrogens is 1. The largest absolute Gasteiger partial charge is 0.457 e. The van der Waals surface area contributed by atoms with Crippen LogP contribution in [0.5, 0.6) is 23.1 Å². The topological polar surface area (TPSA) is 75.7 Å². The van der Waals surface area contributed by atoms with Crippen LogP contribution in [-0.4, -0.2) is 37.1 Å². The molecule has 0 bridgehead atoms. The number of para-hydroxylation sites is 1. The van der Waals surface area contributed by atoms with E-state index in [2.05, 4.69) is 20.0 Å². The molecule has 1 fully saturated rings. The summed E-state index contributed by atoms with van der Waals surface area (Å²) in [6.45, 7) is 3.42. The molecule has 0 saturated carbocycles. The second kappa shape index (κ2) is 9.47. The van der Waals surface area contributed by atoms with E-state index in [4.69, 9.17) is 21.3 Å². The van der Waals surface area contributed by atoms with Crippen LogP contribution in [0.15, 0.2) is 66.7 Å². The lowest BCUT2D eigenvalue weighted by molar-refractivity contribution is 0.0979. The molecule has 1 aliphatic rings. The van der Waals surface area contributed by atoms with Crippen LogP contribution in [0.3, 0.4) is 0 Å². The number of ether oxygens (including phenoxy) is 2. The molecule has 0 unspecified atom stereocenters. The maximum Gasteiger partial charge on any atom is 0.271 e. The number of pyridine rings is 1. The van der Waals surface area contributed by atoms with Crippen molar-refractivity contribution in [2.75, 3.05) is 31.1 Å². The summed E-state index contributed by atoms with van der Waals surface area (Å²) in [7, 11) is 0. The van der Waals surface area contributed by atoms with Gasteiger partial charge in [0.2, 0.25) is 5.88 Å². The van der Waals surface area contributed by atoms with Crippen LogP contribution in [0.4, 0.5) is 5.82 Å². The molecule has 8 heteroatoms. The second-order valence-electron chi connectivity index (χ2n) is 6.67. The van der Waals surface area contributed by atoms with Gasteiger partial charge in [-0.3, -0.25) is 9.63 Å². The average Bonchev–Trinajstić information content (AvgIpc) is 2.81. The highest BCUT2D eigenvalue weighted by atomic mass is 35.5. The molecule has 7 nitrogen and oxygen atoms in total. The number of hydrogen-bond acceptors (Lipinski definition) is 6. The molecular weight excluding hydrogens is 404 g/mol. The highest BCUT2D eigenvalue weighted by Gasteiger charge is 2.19. The van der Waals surface area contributed by atoms with Crippen molar-refractivity contribution in [2.24, 2.45) is 0 Å². The first kappa shape index (κ1) is 20.0. The standard InChI is InChI=1S/C22H21ClN4O3/c23-26-21(28)19-10-11-20(27-14-12-24-13-15-27)25-22(19)30-18-8-6-17(7-9-18)29-16-4-2-1-3-5-16/h1-11,24H,12-15H2,(H,26,28). The van der Waals surface area contributed by atoms with E-state index in [9.17, 15) is 4.79 Å². The van der Waals surface area contributed by atoms with E-state index in [1.165, 1.54) is 0 Å². The van der Waals surface area contributed by atoms with Gasteiger partial charge in [-0.15, -0.1) is 0 Å². The lowest BCUT2D eigenvalue weighted by atomic mass is 10.2. The lowest BCUT2D eigenvalue weighted by Gasteiger charge is -2.28. The van der Waals surface area contributed by atoms with Crippen LogP contribution in [0.1, 0.15) is 10.4 Å². The van der Waals surface area contributed by atoms with E-state index in [1.807, 2.05) is 30.3 Å². The third-order valence-electron chi connectivity index (χ3n) is 4.63. The normalized spacial score (nSPS) is 13.6. The third-order valence-corrected chi connectivity index (χ3v) is 4.81. The quantitative estimate of drug-likeness (QED) is 0.583. The van der Waals surface area contributed by atoms with E-state index in [0.717, 1.165) is 37.7 Å². The van der Waals surface area contributed by atoms with Crippen LogP contribution in [0, 0.1) is 0 Å². The van der Waals surface area contributed by atoms with Crippen molar-refractivity contribution in [2.45, 2.75) is 0 Å². The molecule has 30 heavy (non-hydrogen) atoms. The second-order valence-corrected chi connectivity index (χ2v) is 6.86. The number of carbonyl (C=O) groups excluding carboxylic acids is 1. The molecule has 2 N–H and O–H groups in total. The van der Waals surface area contributed by atoms with Gasteiger partial charge in [0.15, 0.2) is 0 Å². The smallest absolute Gasteiger partial charge is 0.271 e. The van der Waals surface area contributed by atoms with E-state index < -0.39 is 5.91 Å². The van der Waals surface area contributed by atoms with Gasteiger partial charge in [-0.1, -0.05) is 18.2 Å². The molecular formula is C22H21ClN4O3. The van der Waals surface area contributed by atoms with Crippen molar-refractivity contribution < 1.29 is 14.3 Å². The molecule has 1 amide bonds. The van der Waals surface area contributed by atoms with Gasteiger partial charge in [-0.25, -0.2) is 0 Å². The summed E-state index contributed by atoms with van der Waals surface area (Å²) >= 11 is 5.53. The summed E-state index contributed by atoms with van der Waals surface area (Å²) in [6, 6.07) is 20.1. The molecule has 0 aliphatic carbocycles. The summed E-state index contributed by atoms with van der Waals surface area (Å²) in [6.07, 6.45) is 0. The first-order chi connectivity index (χ1) is 14.7. The Hall–Kier alpha value is -3.29. The molecule has 1 aromatic heterocycles. The minimum Gasteiger partial charge on any atom is -0.457 e. The van der Waals surface area contributed by atoms with Crippen molar-refractivity contribution in [3.63, 3.8) is 0 Å². The summed E-state index contributed by atoms with van der Waals surface area (Å²) in [5, 5.41) is 3.31. The van der Waals surface area contributed by atoms with E-state index in [0.29, 0.717) is 11.5 Å². The molecule has 1 saturated heterocycles. The Morgan fingerprint density at radius 2 is 1.53 bits per heavy atom. The fourth-order valence-electron chi connectivity index (χ4n) is 3.11. The predicted octanol–water partition coefficient (Wildman–Crippen LogP) is 3.96. The molecule has 0 atom stereocenters. The molecule has 2 aromatic carbocycles. The Kier molecular flexibility index (Phi) is 6.32. The number of anilines is 1. The number of piperazine rings is 1. The fraction of sp³-hybridized carbons (Fsp3) is 0.182. The maximum atomic E-state index is 12.2. The lowest BCUT2D eigenvalue weighted by Crippen LogP contribution is -2.43. The summed E-state index contributed by atoms with van der Waals surface area (Å²) in [4.78, 5) is 21.0. The summed E-state index contributed by atoms with van der Waals surface area (Å²) in [5.74, 6) is 2.43. The number of nitrogens with one attached hydrogen (secondary N) is 2. The number of amides is 1. The van der Waals surface area contributed by atoms with Crippen LogP contribution in [-0.2, 0) is 0 Å². The Morgan fingerprint density at radius 3 is 2.20 bits per heavy atom. The van der Waals surface area contributed by atoms with Gasteiger partial charge < -0.3 is 19.7 Å². The average molecular weight is 425 g/mol. The van der Waals surface area contributed by atoms with Gasteiger partial charge >= 0.3 is 0 Å². The number of carbonyl (C=O) groups is 1. The molecule has 2 heterocycles. The van der Waals surface area contributed by atoms with Gasteiger partial charge in [0, 0.05) is 38.0 Å². The monoisotopic (exact) mass is 424 g/mol. The Bertz CT molecular complexity index is 993. The number of halogens is 1. The SMILES string of the molecule is O=C(NCl)c1ccc(N2CCNCC2)nc1Oc1ccc(Oc2ccccc2)cc1. The third kappa shape index (κ3) is 4.82. The minimum atomic E-state index is -0.477. The fourth-order valence-corrected chi connectivity index (χ4v) is 3.22. The van der Waals surface area contributed by atoms with Crippen LogP contribution in [0.25, 0.3) is 0 Å². The molecule has 0 spiro atoms. The van der Waals surface area contributed by atoms with E-state index in [1.54, 1.807) is 36.4 Å². The van der Waals surface area contributed by atoms with E-state index >= 15 is 0 Å². The van der Waals surface area contributed by atoms with Gasteiger partial charge in [0.25, 0.3) is 5.91 Å². The van der Waals surface area contributed by atoms with Crippen molar-refractivity contribution >= 4 is 23.5 Å². The molecule has 1 aliphatic heterocycles. The Morgan fingerprint density at radius 1 is 0.900 bits per heavy atom. The highest BCUT2D eigenvalue weighted by Crippen LogP contribution is 2.29. The van der Waals surface area contributed by atoms with Crippen LogP contribution >= 0.6 is 11.8 Å². The van der Waals surface area contributed by atoms with Crippen LogP contribution in [0.2, 0.25) is 0 Å². The minimum absolute atomic E-state index is 0.195.